The highest BCUT2D eigenvalue weighted by Crippen LogP contribution is 2.20. The standard InChI is InChI=1S/C17H25N3O2.ClH/c1-12-5-7-15(8-6-12)16(18)17(22)20-9-3-4-14(11-20)10-19-13(2)21;/h5-8,14,16H,3-4,9-11,18H2,1-2H3,(H,19,21);1H. The zero-order valence-corrected chi connectivity index (χ0v) is 14.6. The fourth-order valence-electron chi connectivity index (χ4n) is 2.83. The molecule has 0 spiro atoms. The number of carbonyl (C=O) groups excluding carboxylic acids is 2. The summed E-state index contributed by atoms with van der Waals surface area (Å²) in [6.07, 6.45) is 1.99. The number of aryl methyl sites for hydroxylation is 1. The third kappa shape index (κ3) is 5.52. The molecule has 1 aliphatic rings. The van der Waals surface area contributed by atoms with Crippen molar-refractivity contribution in [1.29, 1.82) is 0 Å². The monoisotopic (exact) mass is 339 g/mol. The largest absolute Gasteiger partial charge is 0.356 e. The van der Waals surface area contributed by atoms with E-state index in [1.165, 1.54) is 6.92 Å². The Balaban J connectivity index is 0.00000264. The lowest BCUT2D eigenvalue weighted by atomic mass is 9.96. The Morgan fingerprint density at radius 3 is 2.61 bits per heavy atom. The van der Waals surface area contributed by atoms with Gasteiger partial charge in [-0.05, 0) is 31.2 Å². The van der Waals surface area contributed by atoms with Gasteiger partial charge in [0.2, 0.25) is 11.8 Å². The van der Waals surface area contributed by atoms with Gasteiger partial charge in [-0.1, -0.05) is 29.8 Å². The quantitative estimate of drug-likeness (QED) is 0.878. The smallest absolute Gasteiger partial charge is 0.244 e. The molecule has 1 heterocycles. The van der Waals surface area contributed by atoms with Gasteiger partial charge in [-0.15, -0.1) is 12.4 Å². The fourth-order valence-corrected chi connectivity index (χ4v) is 2.83. The summed E-state index contributed by atoms with van der Waals surface area (Å²) in [5, 5.41) is 2.83. The van der Waals surface area contributed by atoms with Gasteiger partial charge >= 0.3 is 0 Å². The average molecular weight is 340 g/mol. The average Bonchev–Trinajstić information content (AvgIpc) is 2.52. The predicted molar refractivity (Wildman–Crippen MR) is 93.3 cm³/mol. The Hall–Kier alpha value is -1.59. The summed E-state index contributed by atoms with van der Waals surface area (Å²) in [7, 11) is 0. The third-order valence-electron chi connectivity index (χ3n) is 4.17. The van der Waals surface area contributed by atoms with Crippen LogP contribution in [0.4, 0.5) is 0 Å². The molecule has 6 heteroatoms. The Kier molecular flexibility index (Phi) is 7.52. The molecule has 2 amide bonds. The molecule has 0 bridgehead atoms. The highest BCUT2D eigenvalue weighted by atomic mass is 35.5. The van der Waals surface area contributed by atoms with Crippen LogP contribution < -0.4 is 11.1 Å². The molecule has 23 heavy (non-hydrogen) atoms. The minimum Gasteiger partial charge on any atom is -0.356 e. The summed E-state index contributed by atoms with van der Waals surface area (Å²) in [5.41, 5.74) is 8.12. The number of hydrogen-bond acceptors (Lipinski definition) is 3. The number of carbonyl (C=O) groups is 2. The van der Waals surface area contributed by atoms with Crippen LogP contribution in [0.25, 0.3) is 0 Å². The molecule has 2 unspecified atom stereocenters. The van der Waals surface area contributed by atoms with E-state index in [0.717, 1.165) is 30.5 Å². The molecule has 0 aliphatic carbocycles. The molecule has 0 aromatic heterocycles. The van der Waals surface area contributed by atoms with Crippen LogP contribution in [0.1, 0.15) is 36.9 Å². The van der Waals surface area contributed by atoms with E-state index in [2.05, 4.69) is 5.32 Å². The van der Waals surface area contributed by atoms with Gasteiger partial charge < -0.3 is 16.0 Å². The first-order valence-corrected chi connectivity index (χ1v) is 7.82. The van der Waals surface area contributed by atoms with E-state index in [4.69, 9.17) is 5.73 Å². The zero-order chi connectivity index (χ0) is 16.1. The maximum Gasteiger partial charge on any atom is 0.244 e. The topological polar surface area (TPSA) is 75.4 Å². The van der Waals surface area contributed by atoms with Crippen LogP contribution in [0.3, 0.4) is 0 Å². The minimum atomic E-state index is -0.611. The highest BCUT2D eigenvalue weighted by molar-refractivity contribution is 5.85. The maximum atomic E-state index is 12.6. The van der Waals surface area contributed by atoms with Crippen LogP contribution in [-0.4, -0.2) is 36.3 Å². The summed E-state index contributed by atoms with van der Waals surface area (Å²) in [4.78, 5) is 25.4. The molecule has 1 aromatic rings. The van der Waals surface area contributed by atoms with E-state index >= 15 is 0 Å². The number of halogens is 1. The number of nitrogens with one attached hydrogen (secondary N) is 1. The van der Waals surface area contributed by atoms with E-state index in [0.29, 0.717) is 19.0 Å². The summed E-state index contributed by atoms with van der Waals surface area (Å²) in [6, 6.07) is 7.16. The normalized spacial score (nSPS) is 18.7. The molecule has 5 nitrogen and oxygen atoms in total. The van der Waals surface area contributed by atoms with E-state index in [-0.39, 0.29) is 24.2 Å². The molecular formula is C17H26ClN3O2. The molecule has 2 atom stereocenters. The Labute approximate surface area is 144 Å². The van der Waals surface area contributed by atoms with Gasteiger partial charge in [0.1, 0.15) is 6.04 Å². The second-order valence-electron chi connectivity index (χ2n) is 6.12. The molecule has 128 valence electrons. The highest BCUT2D eigenvalue weighted by Gasteiger charge is 2.27. The third-order valence-corrected chi connectivity index (χ3v) is 4.17. The summed E-state index contributed by atoms with van der Waals surface area (Å²) >= 11 is 0. The zero-order valence-electron chi connectivity index (χ0n) is 13.7. The van der Waals surface area contributed by atoms with Crippen LogP contribution in [-0.2, 0) is 9.59 Å². The van der Waals surface area contributed by atoms with Crippen molar-refractivity contribution in [3.8, 4) is 0 Å². The Bertz CT molecular complexity index is 533. The number of nitrogens with zero attached hydrogens (tertiary/aromatic N) is 1. The van der Waals surface area contributed by atoms with E-state index in [1.54, 1.807) is 0 Å². The van der Waals surface area contributed by atoms with Crippen LogP contribution in [0.15, 0.2) is 24.3 Å². The lowest BCUT2D eigenvalue weighted by Gasteiger charge is -2.34. The van der Waals surface area contributed by atoms with Crippen molar-refractivity contribution in [2.24, 2.45) is 11.7 Å². The van der Waals surface area contributed by atoms with Crippen molar-refractivity contribution < 1.29 is 9.59 Å². The lowest BCUT2D eigenvalue weighted by Crippen LogP contribution is -2.46. The number of nitrogens with two attached hydrogens (primary N) is 1. The lowest BCUT2D eigenvalue weighted by molar-refractivity contribution is -0.134. The molecule has 0 radical (unpaired) electrons. The minimum absolute atomic E-state index is 0. The number of rotatable bonds is 4. The number of likely N-dealkylation sites (tertiary alicyclic amines) is 1. The van der Waals surface area contributed by atoms with Crippen LogP contribution in [0, 0.1) is 12.8 Å². The van der Waals surface area contributed by atoms with Crippen molar-refractivity contribution in [3.05, 3.63) is 35.4 Å². The first-order chi connectivity index (χ1) is 10.5. The number of piperidine rings is 1. The summed E-state index contributed by atoms with van der Waals surface area (Å²) in [6.45, 7) is 5.56. The predicted octanol–water partition coefficient (Wildman–Crippen LogP) is 1.79. The van der Waals surface area contributed by atoms with Gasteiger partial charge in [0.15, 0.2) is 0 Å². The Morgan fingerprint density at radius 1 is 1.35 bits per heavy atom. The Morgan fingerprint density at radius 2 is 2.00 bits per heavy atom. The molecular weight excluding hydrogens is 314 g/mol. The van der Waals surface area contributed by atoms with Crippen LogP contribution in [0.2, 0.25) is 0 Å². The first-order valence-electron chi connectivity index (χ1n) is 7.82. The second kappa shape index (κ2) is 8.89. The van der Waals surface area contributed by atoms with Crippen LogP contribution in [0.5, 0.6) is 0 Å². The van der Waals surface area contributed by atoms with Crippen molar-refractivity contribution in [2.75, 3.05) is 19.6 Å². The van der Waals surface area contributed by atoms with Gasteiger partial charge in [-0.3, -0.25) is 9.59 Å². The van der Waals surface area contributed by atoms with Gasteiger partial charge in [0, 0.05) is 26.6 Å². The number of benzene rings is 1. The SMILES string of the molecule is CC(=O)NCC1CCCN(C(=O)C(N)c2ccc(C)cc2)C1.Cl. The summed E-state index contributed by atoms with van der Waals surface area (Å²) in [5.74, 6) is 0.253. The van der Waals surface area contributed by atoms with Gasteiger partial charge in [0.05, 0.1) is 0 Å². The molecule has 1 saturated heterocycles. The summed E-state index contributed by atoms with van der Waals surface area (Å²) < 4.78 is 0. The van der Waals surface area contributed by atoms with Gasteiger partial charge in [-0.2, -0.15) is 0 Å². The molecule has 1 aromatic carbocycles. The van der Waals surface area contributed by atoms with Crippen molar-refractivity contribution in [3.63, 3.8) is 0 Å². The van der Waals surface area contributed by atoms with E-state index < -0.39 is 6.04 Å². The van der Waals surface area contributed by atoms with Crippen LogP contribution >= 0.6 is 12.4 Å². The first kappa shape index (κ1) is 19.5. The molecule has 2 rings (SSSR count). The molecule has 0 saturated carbocycles. The maximum absolute atomic E-state index is 12.6. The van der Waals surface area contributed by atoms with E-state index in [9.17, 15) is 9.59 Å². The van der Waals surface area contributed by atoms with Crippen molar-refractivity contribution >= 4 is 24.2 Å². The van der Waals surface area contributed by atoms with Gasteiger partial charge in [-0.25, -0.2) is 0 Å². The van der Waals surface area contributed by atoms with Crippen molar-refractivity contribution in [1.82, 2.24) is 10.2 Å². The molecule has 1 aliphatic heterocycles. The molecule has 3 N–H and O–H groups in total. The van der Waals surface area contributed by atoms with Gasteiger partial charge in [0.25, 0.3) is 0 Å². The number of hydrogen-bond donors (Lipinski definition) is 2. The molecule has 1 fully saturated rings. The van der Waals surface area contributed by atoms with Crippen molar-refractivity contribution in [2.45, 2.75) is 32.7 Å². The number of amides is 2. The second-order valence-corrected chi connectivity index (χ2v) is 6.12. The van der Waals surface area contributed by atoms with E-state index in [1.807, 2.05) is 36.1 Å². The fraction of sp³-hybridized carbons (Fsp3) is 0.529.